The summed E-state index contributed by atoms with van der Waals surface area (Å²) in [6, 6.07) is 0. The van der Waals surface area contributed by atoms with Crippen molar-refractivity contribution < 1.29 is 80.2 Å². The molecule has 0 aromatic heterocycles. The van der Waals surface area contributed by atoms with Gasteiger partial charge in [0, 0.05) is 25.7 Å². The fraction of sp³-hybridized carbons (Fsp3) is 0.949. The van der Waals surface area contributed by atoms with Gasteiger partial charge in [-0.2, -0.15) is 0 Å². The van der Waals surface area contributed by atoms with E-state index in [0.29, 0.717) is 25.7 Å². The molecule has 0 aliphatic carbocycles. The number of carbonyl (C=O) groups excluding carboxylic acids is 4. The molecule has 0 heterocycles. The van der Waals surface area contributed by atoms with Crippen LogP contribution >= 0.6 is 15.6 Å². The first-order valence-electron chi connectivity index (χ1n) is 40.5. The van der Waals surface area contributed by atoms with Crippen LogP contribution in [0.15, 0.2) is 0 Å². The molecule has 0 amide bonds. The van der Waals surface area contributed by atoms with E-state index in [-0.39, 0.29) is 25.7 Å². The van der Waals surface area contributed by atoms with Gasteiger partial charge in [0.1, 0.15) is 19.3 Å². The van der Waals surface area contributed by atoms with Crippen molar-refractivity contribution in [3.05, 3.63) is 0 Å². The Morgan fingerprint density at radius 3 is 0.784 bits per heavy atom. The number of phosphoric ester groups is 2. The molecule has 0 aromatic carbocycles. The fourth-order valence-corrected chi connectivity index (χ4v) is 13.6. The summed E-state index contributed by atoms with van der Waals surface area (Å²) in [6.45, 7) is 9.64. The number of phosphoric acid groups is 2. The Morgan fingerprint density at radius 2 is 0.526 bits per heavy atom. The van der Waals surface area contributed by atoms with E-state index >= 15 is 0 Å². The molecule has 97 heavy (non-hydrogen) atoms. The summed E-state index contributed by atoms with van der Waals surface area (Å²) < 4.78 is 68.7. The third-order valence-electron chi connectivity index (χ3n) is 18.6. The van der Waals surface area contributed by atoms with Crippen molar-refractivity contribution in [3.63, 3.8) is 0 Å². The first-order chi connectivity index (χ1) is 46.9. The Labute approximate surface area is 594 Å². The van der Waals surface area contributed by atoms with E-state index in [2.05, 4.69) is 41.5 Å². The van der Waals surface area contributed by atoms with Crippen LogP contribution in [-0.2, 0) is 65.4 Å². The highest BCUT2D eigenvalue weighted by atomic mass is 31.2. The van der Waals surface area contributed by atoms with Crippen molar-refractivity contribution >= 4 is 39.5 Å². The van der Waals surface area contributed by atoms with Gasteiger partial charge in [-0.15, -0.1) is 0 Å². The molecule has 3 N–H and O–H groups in total. The van der Waals surface area contributed by atoms with Gasteiger partial charge in [-0.3, -0.25) is 37.3 Å². The molecule has 0 saturated carbocycles. The van der Waals surface area contributed by atoms with Gasteiger partial charge < -0.3 is 33.8 Å². The molecule has 0 saturated heterocycles. The number of hydrogen-bond acceptors (Lipinski definition) is 15. The standard InChI is InChI=1S/C78H152O17P2/c1-7-10-12-14-16-18-20-22-23-24-25-27-29-38-44-50-56-62-77(82)94-73(67-89-76(81)61-55-49-43-37-33-31-35-41-47-53-59-71(6)9-3)68-92-96(84,85)90-64-72(79)65-91-97(86,87)93-69-74(95-78(83)63-57-51-45-39-32-30-34-40-46-52-58-70(4)5)66-88-75(80)60-54-48-42-36-28-26-21-19-17-15-13-11-8-2/h70-74,79H,7-69H2,1-6H3,(H,84,85)(H,86,87)/t71?,72-,73-,74-/m1/s1. The quantitative estimate of drug-likeness (QED) is 0.0222. The lowest BCUT2D eigenvalue weighted by Gasteiger charge is -2.21. The lowest BCUT2D eigenvalue weighted by Crippen LogP contribution is -2.30. The maximum absolute atomic E-state index is 13.1. The van der Waals surface area contributed by atoms with Crippen LogP contribution in [-0.4, -0.2) is 96.7 Å². The molecule has 0 radical (unpaired) electrons. The molecule has 17 nitrogen and oxygen atoms in total. The van der Waals surface area contributed by atoms with Crippen molar-refractivity contribution in [2.24, 2.45) is 11.8 Å². The van der Waals surface area contributed by atoms with Gasteiger partial charge in [0.15, 0.2) is 12.2 Å². The predicted octanol–water partition coefficient (Wildman–Crippen LogP) is 23.1. The number of esters is 4. The molecule has 0 aromatic rings. The van der Waals surface area contributed by atoms with E-state index in [1.54, 1.807) is 0 Å². The minimum atomic E-state index is -4.96. The van der Waals surface area contributed by atoms with E-state index < -0.39 is 97.5 Å². The Hall–Kier alpha value is -1.94. The highest BCUT2D eigenvalue weighted by Gasteiger charge is 2.30. The second-order valence-electron chi connectivity index (χ2n) is 28.8. The maximum Gasteiger partial charge on any atom is 0.472 e. The van der Waals surface area contributed by atoms with Crippen molar-refractivity contribution in [2.75, 3.05) is 39.6 Å². The molecule has 0 rings (SSSR count). The molecular formula is C78H152O17P2. The Kier molecular flexibility index (Phi) is 68.4. The van der Waals surface area contributed by atoms with E-state index in [9.17, 15) is 43.2 Å². The highest BCUT2D eigenvalue weighted by Crippen LogP contribution is 2.45. The SMILES string of the molecule is CCCCCCCCCCCCCCCCCCCC(=O)O[C@H](COC(=O)CCCCCCCCCCCCC(C)CC)COP(=O)(O)OC[C@@H](O)COP(=O)(O)OC[C@@H](COC(=O)CCCCCCCCCCCCCCC)OC(=O)CCCCCCCCCCCCC(C)C. The Balaban J connectivity index is 5.27. The van der Waals surface area contributed by atoms with Crippen molar-refractivity contribution in [2.45, 2.75) is 426 Å². The summed E-state index contributed by atoms with van der Waals surface area (Å²) in [6.07, 6.45) is 58.0. The van der Waals surface area contributed by atoms with E-state index in [0.717, 1.165) is 102 Å². The number of aliphatic hydroxyl groups is 1. The van der Waals surface area contributed by atoms with Crippen LogP contribution in [0.4, 0.5) is 0 Å². The smallest absolute Gasteiger partial charge is 0.462 e. The zero-order chi connectivity index (χ0) is 71.4. The number of aliphatic hydroxyl groups excluding tert-OH is 1. The van der Waals surface area contributed by atoms with E-state index in [4.69, 9.17) is 37.0 Å². The Morgan fingerprint density at radius 1 is 0.299 bits per heavy atom. The van der Waals surface area contributed by atoms with Gasteiger partial charge in [-0.1, -0.05) is 356 Å². The number of ether oxygens (including phenoxy) is 4. The van der Waals surface area contributed by atoms with Crippen LogP contribution in [0.1, 0.15) is 408 Å². The summed E-state index contributed by atoms with van der Waals surface area (Å²) in [5, 5.41) is 10.6. The average Bonchev–Trinajstić information content (AvgIpc) is 1.27. The normalized spacial score (nSPS) is 14.2. The third-order valence-corrected chi connectivity index (χ3v) is 20.5. The molecule has 3 unspecified atom stereocenters. The molecule has 0 aliphatic heterocycles. The highest BCUT2D eigenvalue weighted by molar-refractivity contribution is 7.47. The third kappa shape index (κ3) is 70.9. The van der Waals surface area contributed by atoms with Gasteiger partial charge >= 0.3 is 39.5 Å². The fourth-order valence-electron chi connectivity index (χ4n) is 12.0. The van der Waals surface area contributed by atoms with Crippen molar-refractivity contribution in [1.29, 1.82) is 0 Å². The van der Waals surface area contributed by atoms with Crippen LogP contribution in [0, 0.1) is 11.8 Å². The minimum absolute atomic E-state index is 0.106. The van der Waals surface area contributed by atoms with Gasteiger partial charge in [0.25, 0.3) is 0 Å². The average molecular weight is 1420 g/mol. The number of unbranched alkanes of at least 4 members (excludes halogenated alkanes) is 46. The van der Waals surface area contributed by atoms with Gasteiger partial charge in [-0.05, 0) is 37.5 Å². The molecule has 6 atom stereocenters. The molecule has 0 spiro atoms. The second kappa shape index (κ2) is 69.8. The van der Waals surface area contributed by atoms with Crippen molar-refractivity contribution in [1.82, 2.24) is 0 Å². The molecule has 0 bridgehead atoms. The topological polar surface area (TPSA) is 237 Å². The summed E-state index contributed by atoms with van der Waals surface area (Å²) in [4.78, 5) is 72.9. The molecule has 576 valence electrons. The zero-order valence-electron chi connectivity index (χ0n) is 63.4. The molecule has 0 aliphatic rings. The molecule has 19 heteroatoms. The maximum atomic E-state index is 13.1. The zero-order valence-corrected chi connectivity index (χ0v) is 65.2. The number of rotatable bonds is 77. The lowest BCUT2D eigenvalue weighted by molar-refractivity contribution is -0.161. The van der Waals surface area contributed by atoms with Crippen LogP contribution in [0.2, 0.25) is 0 Å². The lowest BCUT2D eigenvalue weighted by atomic mass is 9.99. The van der Waals surface area contributed by atoms with Gasteiger partial charge in [0.2, 0.25) is 0 Å². The van der Waals surface area contributed by atoms with E-state index in [1.165, 1.54) is 225 Å². The largest absolute Gasteiger partial charge is 0.472 e. The minimum Gasteiger partial charge on any atom is -0.462 e. The number of carbonyl (C=O) groups is 4. The number of hydrogen-bond donors (Lipinski definition) is 3. The molecular weight excluding hydrogens is 1270 g/mol. The van der Waals surface area contributed by atoms with Gasteiger partial charge in [0.05, 0.1) is 26.4 Å². The summed E-state index contributed by atoms with van der Waals surface area (Å²) in [5.41, 5.74) is 0. The van der Waals surface area contributed by atoms with Crippen molar-refractivity contribution in [3.8, 4) is 0 Å². The van der Waals surface area contributed by atoms with Crippen LogP contribution in [0.25, 0.3) is 0 Å². The summed E-state index contributed by atoms with van der Waals surface area (Å²) >= 11 is 0. The van der Waals surface area contributed by atoms with Gasteiger partial charge in [-0.25, -0.2) is 9.13 Å². The van der Waals surface area contributed by atoms with Crippen LogP contribution in [0.5, 0.6) is 0 Å². The first-order valence-corrected chi connectivity index (χ1v) is 43.5. The van der Waals surface area contributed by atoms with E-state index in [1.807, 2.05) is 0 Å². The van der Waals surface area contributed by atoms with Crippen LogP contribution in [0.3, 0.4) is 0 Å². The molecule has 0 fully saturated rings. The summed E-state index contributed by atoms with van der Waals surface area (Å²) in [5.74, 6) is -0.549. The monoisotopic (exact) mass is 1420 g/mol. The summed E-state index contributed by atoms with van der Waals surface area (Å²) in [7, 11) is -9.92. The first kappa shape index (κ1) is 95.1. The predicted molar refractivity (Wildman–Crippen MR) is 395 cm³/mol. The second-order valence-corrected chi connectivity index (χ2v) is 31.7. The van der Waals surface area contributed by atoms with Crippen LogP contribution < -0.4 is 0 Å². The Bertz CT molecular complexity index is 1870.